The van der Waals surface area contributed by atoms with E-state index in [2.05, 4.69) is 24.3 Å². The highest BCUT2D eigenvalue weighted by molar-refractivity contribution is 5.42. The van der Waals surface area contributed by atoms with Crippen molar-refractivity contribution in [3.8, 4) is 11.5 Å². The highest BCUT2D eigenvalue weighted by atomic mass is 16.5. The van der Waals surface area contributed by atoms with E-state index in [9.17, 15) is 0 Å². The summed E-state index contributed by atoms with van der Waals surface area (Å²) in [6, 6.07) is 25.5. The van der Waals surface area contributed by atoms with Crippen LogP contribution in [0.1, 0.15) is 24.3 Å². The van der Waals surface area contributed by atoms with Gasteiger partial charge in [-0.25, -0.2) is 0 Å². The third-order valence-corrected chi connectivity index (χ3v) is 4.50. The van der Waals surface area contributed by atoms with E-state index in [4.69, 9.17) is 20.9 Å². The molecule has 0 heterocycles. The fraction of sp³-hybridized carbons (Fsp3) is 0.217. The van der Waals surface area contributed by atoms with Crippen LogP contribution in [0.15, 0.2) is 78.9 Å². The largest absolute Gasteiger partial charge is 0.494 e. The maximum Gasteiger partial charge on any atom is 0.119 e. The van der Waals surface area contributed by atoms with Crippen LogP contribution >= 0.6 is 0 Å². The molecule has 0 amide bonds. The Hall–Kier alpha value is -3.14. The minimum absolute atomic E-state index is 0.369. The Morgan fingerprint density at radius 3 is 1.48 bits per heavy atom. The molecule has 140 valence electrons. The van der Waals surface area contributed by atoms with Gasteiger partial charge in [-0.3, -0.25) is 0 Å². The Balaban J connectivity index is 1.54. The van der Waals surface area contributed by atoms with Crippen LogP contribution in [0.4, 0.5) is 11.4 Å². The fourth-order valence-corrected chi connectivity index (χ4v) is 2.97. The van der Waals surface area contributed by atoms with Crippen LogP contribution in [0.5, 0.6) is 11.5 Å². The third-order valence-electron chi connectivity index (χ3n) is 4.50. The van der Waals surface area contributed by atoms with E-state index in [1.807, 2.05) is 54.6 Å². The van der Waals surface area contributed by atoms with E-state index in [0.717, 1.165) is 35.7 Å². The lowest BCUT2D eigenvalue weighted by atomic mass is 9.93. The van der Waals surface area contributed by atoms with E-state index < -0.39 is 0 Å². The first-order valence-electron chi connectivity index (χ1n) is 9.22. The molecule has 3 aromatic carbocycles. The summed E-state index contributed by atoms with van der Waals surface area (Å²) in [5, 5.41) is 0. The highest BCUT2D eigenvalue weighted by Crippen LogP contribution is 2.25. The molecule has 0 fully saturated rings. The van der Waals surface area contributed by atoms with E-state index >= 15 is 0 Å². The lowest BCUT2D eigenvalue weighted by Crippen LogP contribution is -2.10. The number of anilines is 2. The summed E-state index contributed by atoms with van der Waals surface area (Å²) in [7, 11) is 0. The topological polar surface area (TPSA) is 70.5 Å². The van der Waals surface area contributed by atoms with E-state index in [0.29, 0.717) is 19.1 Å². The molecule has 0 atom stereocenters. The molecule has 27 heavy (non-hydrogen) atoms. The lowest BCUT2D eigenvalue weighted by Gasteiger charge is -2.18. The average molecular weight is 362 g/mol. The van der Waals surface area contributed by atoms with Gasteiger partial charge in [0.15, 0.2) is 0 Å². The smallest absolute Gasteiger partial charge is 0.119 e. The molecule has 0 saturated heterocycles. The highest BCUT2D eigenvalue weighted by Gasteiger charge is 2.12. The molecule has 4 heteroatoms. The maximum atomic E-state index is 5.88. The van der Waals surface area contributed by atoms with Crippen molar-refractivity contribution < 1.29 is 9.47 Å². The third kappa shape index (κ3) is 5.96. The van der Waals surface area contributed by atoms with Gasteiger partial charge in [-0.05, 0) is 72.9 Å². The Kier molecular flexibility index (Phi) is 6.58. The van der Waals surface area contributed by atoms with Gasteiger partial charge in [-0.15, -0.1) is 0 Å². The molecule has 3 rings (SSSR count). The van der Waals surface area contributed by atoms with Crippen molar-refractivity contribution in [2.24, 2.45) is 0 Å². The maximum absolute atomic E-state index is 5.88. The molecule has 4 N–H and O–H groups in total. The van der Waals surface area contributed by atoms with Gasteiger partial charge in [0, 0.05) is 11.4 Å². The van der Waals surface area contributed by atoms with Crippen molar-refractivity contribution in [3.05, 3.63) is 84.4 Å². The number of rotatable bonds is 9. The predicted octanol–water partition coefficient (Wildman–Crippen LogP) is 4.87. The molecular weight excluding hydrogens is 336 g/mol. The molecular formula is C23H26N2O2. The van der Waals surface area contributed by atoms with Crippen molar-refractivity contribution in [3.63, 3.8) is 0 Å². The van der Waals surface area contributed by atoms with Gasteiger partial charge in [0.1, 0.15) is 11.5 Å². The Bertz CT molecular complexity index is 751. The summed E-state index contributed by atoms with van der Waals surface area (Å²) in [4.78, 5) is 0. The number of hydrogen-bond acceptors (Lipinski definition) is 4. The van der Waals surface area contributed by atoms with Gasteiger partial charge >= 0.3 is 0 Å². The van der Waals surface area contributed by atoms with Gasteiger partial charge in [0.2, 0.25) is 0 Å². The lowest BCUT2D eigenvalue weighted by molar-refractivity contribution is 0.264. The van der Waals surface area contributed by atoms with E-state index in [-0.39, 0.29) is 0 Å². The van der Waals surface area contributed by atoms with E-state index in [1.165, 1.54) is 5.56 Å². The molecule has 3 aromatic rings. The van der Waals surface area contributed by atoms with Crippen molar-refractivity contribution >= 4 is 11.4 Å². The number of nitrogens with two attached hydrogens (primary N) is 2. The van der Waals surface area contributed by atoms with Crippen LogP contribution in [0.25, 0.3) is 0 Å². The second-order valence-electron chi connectivity index (χ2n) is 6.52. The molecule has 0 bridgehead atoms. The second-order valence-corrected chi connectivity index (χ2v) is 6.52. The first-order valence-corrected chi connectivity index (χ1v) is 9.22. The number of hydrogen-bond donors (Lipinski definition) is 2. The van der Waals surface area contributed by atoms with Crippen molar-refractivity contribution in [2.75, 3.05) is 24.7 Å². The second kappa shape index (κ2) is 9.53. The molecule has 0 aliphatic heterocycles. The van der Waals surface area contributed by atoms with Crippen LogP contribution in [-0.4, -0.2) is 13.2 Å². The van der Waals surface area contributed by atoms with Gasteiger partial charge < -0.3 is 20.9 Å². The Morgan fingerprint density at radius 2 is 1.04 bits per heavy atom. The molecule has 4 nitrogen and oxygen atoms in total. The molecule has 0 aliphatic rings. The van der Waals surface area contributed by atoms with Crippen LogP contribution in [0.3, 0.4) is 0 Å². The molecule has 0 aliphatic carbocycles. The summed E-state index contributed by atoms with van der Waals surface area (Å²) < 4.78 is 11.8. The predicted molar refractivity (Wildman–Crippen MR) is 111 cm³/mol. The quantitative estimate of drug-likeness (QED) is 0.533. The number of nitrogen functional groups attached to an aromatic ring is 2. The van der Waals surface area contributed by atoms with Crippen molar-refractivity contribution in [1.29, 1.82) is 0 Å². The van der Waals surface area contributed by atoms with Gasteiger partial charge in [-0.2, -0.15) is 0 Å². The fourth-order valence-electron chi connectivity index (χ4n) is 2.97. The summed E-state index contributed by atoms with van der Waals surface area (Å²) in [5.74, 6) is 2.05. The number of benzene rings is 3. The summed E-state index contributed by atoms with van der Waals surface area (Å²) >= 11 is 0. The Labute approximate surface area is 160 Å². The summed E-state index contributed by atoms with van der Waals surface area (Å²) in [6.07, 6.45) is 1.83. The standard InChI is InChI=1S/C23H26N2O2/c24-20-6-10-22(11-7-20)26-16-14-19(18-4-2-1-3-5-18)15-17-27-23-12-8-21(25)9-13-23/h1-13,19H,14-17,24-25H2. The first-order chi connectivity index (χ1) is 13.2. The zero-order valence-electron chi connectivity index (χ0n) is 15.4. The monoisotopic (exact) mass is 362 g/mol. The van der Waals surface area contributed by atoms with Crippen molar-refractivity contribution in [2.45, 2.75) is 18.8 Å². The van der Waals surface area contributed by atoms with Crippen LogP contribution < -0.4 is 20.9 Å². The molecule has 0 unspecified atom stereocenters. The number of ether oxygens (including phenoxy) is 2. The average Bonchev–Trinajstić information content (AvgIpc) is 2.70. The minimum atomic E-state index is 0.369. The van der Waals surface area contributed by atoms with Gasteiger partial charge in [0.25, 0.3) is 0 Å². The van der Waals surface area contributed by atoms with Crippen LogP contribution in [-0.2, 0) is 0 Å². The summed E-state index contributed by atoms with van der Waals surface area (Å²) in [6.45, 7) is 1.29. The zero-order chi connectivity index (χ0) is 18.9. The van der Waals surface area contributed by atoms with E-state index in [1.54, 1.807) is 0 Å². The normalized spacial score (nSPS) is 10.7. The van der Waals surface area contributed by atoms with Crippen LogP contribution in [0.2, 0.25) is 0 Å². The molecule has 0 saturated carbocycles. The minimum Gasteiger partial charge on any atom is -0.494 e. The summed E-state index contributed by atoms with van der Waals surface area (Å²) in [5.41, 5.74) is 14.2. The molecule has 0 aromatic heterocycles. The Morgan fingerprint density at radius 1 is 0.593 bits per heavy atom. The van der Waals surface area contributed by atoms with Gasteiger partial charge in [0.05, 0.1) is 13.2 Å². The SMILES string of the molecule is Nc1ccc(OCCC(CCOc2ccc(N)cc2)c2ccccc2)cc1. The zero-order valence-corrected chi connectivity index (χ0v) is 15.4. The first kappa shape index (κ1) is 18.6. The van der Waals surface area contributed by atoms with Crippen molar-refractivity contribution in [1.82, 2.24) is 0 Å². The molecule has 0 radical (unpaired) electrons. The van der Waals surface area contributed by atoms with Crippen LogP contribution in [0, 0.1) is 0 Å². The van der Waals surface area contributed by atoms with Gasteiger partial charge in [-0.1, -0.05) is 30.3 Å². The molecule has 0 spiro atoms.